The van der Waals surface area contributed by atoms with Crippen molar-refractivity contribution in [2.75, 3.05) is 34.3 Å². The van der Waals surface area contributed by atoms with E-state index in [4.69, 9.17) is 10.5 Å². The number of hydrogen-bond acceptors (Lipinski definition) is 10. The molecular formula is C33H39N3O8. The number of carbonyl (C=O) groups excluding carboxylic acids is 3. The van der Waals surface area contributed by atoms with Crippen molar-refractivity contribution in [1.29, 1.82) is 0 Å². The maximum absolute atomic E-state index is 14.0. The van der Waals surface area contributed by atoms with Crippen molar-refractivity contribution in [2.24, 2.45) is 23.5 Å². The number of fused-ring (bicyclic) bond motifs is 3. The number of phenols is 1. The fourth-order valence-corrected chi connectivity index (χ4v) is 7.12. The van der Waals surface area contributed by atoms with E-state index >= 15 is 0 Å². The molecule has 1 amide bonds. The van der Waals surface area contributed by atoms with Crippen LogP contribution in [0.1, 0.15) is 36.5 Å². The topological polar surface area (TPSA) is 183 Å². The van der Waals surface area contributed by atoms with Gasteiger partial charge in [-0.25, -0.2) is 0 Å². The maximum atomic E-state index is 14.0. The predicted octanol–water partition coefficient (Wildman–Crippen LogP) is 2.39. The minimum atomic E-state index is -2.62. The first-order valence-corrected chi connectivity index (χ1v) is 14.7. The molecule has 44 heavy (non-hydrogen) atoms. The average molecular weight is 606 g/mol. The van der Waals surface area contributed by atoms with E-state index in [1.54, 1.807) is 20.1 Å². The SMILES string of the molecule is CC[C@@H]1C(=O)C(C(N)=O)=C(O)[C@@]2(O)C(=O)C3=C(O)c4c(O)ccc(-c5cc(CNCCN(C)C)ccc5OC)c4C[C@H]3C[C@@H]12. The Morgan fingerprint density at radius 1 is 1.14 bits per heavy atom. The molecule has 2 aromatic rings. The number of carbonyl (C=O) groups is 3. The minimum Gasteiger partial charge on any atom is -0.508 e. The highest BCUT2D eigenvalue weighted by Gasteiger charge is 2.63. The van der Waals surface area contributed by atoms with Gasteiger partial charge in [0, 0.05) is 42.6 Å². The van der Waals surface area contributed by atoms with Crippen molar-refractivity contribution in [3.63, 3.8) is 0 Å². The van der Waals surface area contributed by atoms with E-state index in [0.717, 1.165) is 24.2 Å². The van der Waals surface area contributed by atoms with Gasteiger partial charge in [-0.05, 0) is 74.2 Å². The molecule has 1 saturated carbocycles. The van der Waals surface area contributed by atoms with E-state index in [-0.39, 0.29) is 36.1 Å². The highest BCUT2D eigenvalue weighted by Crippen LogP contribution is 2.55. The Kier molecular flexibility index (Phi) is 8.32. The van der Waals surface area contributed by atoms with Crippen LogP contribution in [0, 0.1) is 17.8 Å². The van der Waals surface area contributed by atoms with E-state index in [0.29, 0.717) is 23.4 Å². The van der Waals surface area contributed by atoms with Crippen LogP contribution in [0.2, 0.25) is 0 Å². The van der Waals surface area contributed by atoms with Crippen LogP contribution in [-0.4, -0.2) is 82.7 Å². The summed E-state index contributed by atoms with van der Waals surface area (Å²) in [5.41, 5.74) is 4.82. The van der Waals surface area contributed by atoms with Crippen LogP contribution in [0.5, 0.6) is 11.5 Å². The summed E-state index contributed by atoms with van der Waals surface area (Å²) < 4.78 is 5.69. The quantitative estimate of drug-likeness (QED) is 0.183. The molecule has 0 aromatic heterocycles. The number of aliphatic hydroxyl groups excluding tert-OH is 2. The molecule has 0 spiro atoms. The smallest absolute Gasteiger partial charge is 0.255 e. The van der Waals surface area contributed by atoms with Crippen LogP contribution in [0.4, 0.5) is 0 Å². The molecule has 0 saturated heterocycles. The number of nitrogens with zero attached hydrogens (tertiary/aromatic N) is 1. The number of nitrogens with one attached hydrogen (secondary N) is 1. The second-order valence-electron chi connectivity index (χ2n) is 12.1. The standard InChI is InChI=1S/C33H39N3O8/c1-5-18-22-14-17-13-21-19(20-12-16(6-9-24(20)44-4)15-35-10-11-36(2)3)7-8-23(37)26(21)29(39)25(17)30(40)33(22,43)31(41)27(28(18)38)32(34)42/h6-9,12,17-18,22,35,37,39,41,43H,5,10-11,13-15H2,1-4H3,(H2,34,42)/t17-,18-,22-,33-/m0/s1. The van der Waals surface area contributed by atoms with Crippen molar-refractivity contribution < 1.29 is 39.5 Å². The van der Waals surface area contributed by atoms with Gasteiger partial charge >= 0.3 is 0 Å². The number of likely N-dealkylation sites (N-methyl/N-ethyl adjacent to an activating group) is 1. The molecule has 11 heteroatoms. The summed E-state index contributed by atoms with van der Waals surface area (Å²) in [6.45, 7) is 3.97. The van der Waals surface area contributed by atoms with Crippen LogP contribution in [0.3, 0.4) is 0 Å². The third kappa shape index (κ3) is 4.85. The number of aliphatic hydroxyl groups is 3. The summed E-state index contributed by atoms with van der Waals surface area (Å²) in [6, 6.07) is 8.96. The van der Waals surface area contributed by atoms with E-state index in [1.807, 2.05) is 32.3 Å². The number of phenolic OH excluding ortho intramolecular Hbond substituents is 1. The molecule has 3 aliphatic carbocycles. The van der Waals surface area contributed by atoms with Crippen LogP contribution in [0.15, 0.2) is 47.2 Å². The number of amides is 1. The Hall–Kier alpha value is -4.19. The van der Waals surface area contributed by atoms with Crippen molar-refractivity contribution in [3.8, 4) is 22.6 Å². The normalized spacial score (nSPS) is 24.7. The lowest BCUT2D eigenvalue weighted by molar-refractivity contribution is -0.153. The Balaban J connectivity index is 1.63. The molecule has 0 bridgehead atoms. The summed E-state index contributed by atoms with van der Waals surface area (Å²) in [4.78, 5) is 41.4. The van der Waals surface area contributed by atoms with Crippen LogP contribution in [-0.2, 0) is 27.3 Å². The number of ketones is 2. The van der Waals surface area contributed by atoms with Crippen molar-refractivity contribution in [1.82, 2.24) is 10.2 Å². The molecule has 0 aliphatic heterocycles. The molecule has 7 N–H and O–H groups in total. The largest absolute Gasteiger partial charge is 0.508 e. The molecule has 1 fully saturated rings. The van der Waals surface area contributed by atoms with E-state index < -0.39 is 57.9 Å². The number of aromatic hydroxyl groups is 1. The predicted molar refractivity (Wildman–Crippen MR) is 163 cm³/mol. The Labute approximate surface area is 255 Å². The summed E-state index contributed by atoms with van der Waals surface area (Å²) in [6.07, 6.45) is 0.447. The van der Waals surface area contributed by atoms with Gasteiger partial charge in [-0.2, -0.15) is 0 Å². The number of benzene rings is 2. The van der Waals surface area contributed by atoms with Gasteiger partial charge < -0.3 is 41.1 Å². The average Bonchev–Trinajstić information content (AvgIpc) is 2.97. The van der Waals surface area contributed by atoms with Gasteiger partial charge in [0.05, 0.1) is 12.7 Å². The fourth-order valence-electron chi connectivity index (χ4n) is 7.12. The van der Waals surface area contributed by atoms with Gasteiger partial charge in [0.1, 0.15) is 28.6 Å². The molecule has 3 aliphatic rings. The highest BCUT2D eigenvalue weighted by molar-refractivity contribution is 6.23. The molecule has 0 radical (unpaired) electrons. The van der Waals surface area contributed by atoms with Crippen LogP contribution >= 0.6 is 0 Å². The zero-order valence-electron chi connectivity index (χ0n) is 25.3. The molecule has 11 nitrogen and oxygen atoms in total. The van der Waals surface area contributed by atoms with Gasteiger partial charge in [-0.3, -0.25) is 14.4 Å². The van der Waals surface area contributed by atoms with Gasteiger partial charge in [0.15, 0.2) is 11.4 Å². The first-order chi connectivity index (χ1) is 20.9. The minimum absolute atomic E-state index is 0.0400. The molecular weight excluding hydrogens is 566 g/mol. The second kappa shape index (κ2) is 11.7. The first-order valence-electron chi connectivity index (χ1n) is 14.7. The maximum Gasteiger partial charge on any atom is 0.255 e. The Morgan fingerprint density at radius 2 is 1.86 bits per heavy atom. The van der Waals surface area contributed by atoms with Gasteiger partial charge in [-0.15, -0.1) is 0 Å². The lowest BCUT2D eigenvalue weighted by atomic mass is 9.55. The fraction of sp³-hybridized carbons (Fsp3) is 0.424. The van der Waals surface area contributed by atoms with Crippen molar-refractivity contribution in [3.05, 3.63) is 63.9 Å². The van der Waals surface area contributed by atoms with E-state index in [2.05, 4.69) is 10.2 Å². The number of nitrogens with two attached hydrogens (primary N) is 1. The molecule has 0 heterocycles. The summed E-state index contributed by atoms with van der Waals surface area (Å²) in [7, 11) is 5.56. The number of hydrogen-bond donors (Lipinski definition) is 6. The zero-order valence-corrected chi connectivity index (χ0v) is 25.3. The van der Waals surface area contributed by atoms with Crippen LogP contribution < -0.4 is 15.8 Å². The van der Waals surface area contributed by atoms with Gasteiger partial charge in [0.25, 0.3) is 5.91 Å². The third-order valence-electron chi connectivity index (χ3n) is 9.28. The summed E-state index contributed by atoms with van der Waals surface area (Å²) >= 11 is 0. The number of ether oxygens (including phenoxy) is 1. The molecule has 2 aromatic carbocycles. The van der Waals surface area contributed by atoms with Crippen molar-refractivity contribution >= 4 is 23.2 Å². The number of rotatable bonds is 9. The van der Waals surface area contributed by atoms with Crippen LogP contribution in [0.25, 0.3) is 16.9 Å². The molecule has 234 valence electrons. The van der Waals surface area contributed by atoms with Gasteiger partial charge in [-0.1, -0.05) is 19.1 Å². The lowest BCUT2D eigenvalue weighted by Gasteiger charge is -2.49. The number of methoxy groups -OCH3 is 1. The Morgan fingerprint density at radius 3 is 2.50 bits per heavy atom. The summed E-state index contributed by atoms with van der Waals surface area (Å²) in [5, 5.41) is 48.6. The summed E-state index contributed by atoms with van der Waals surface area (Å²) in [5.74, 6) is -6.92. The zero-order chi connectivity index (χ0) is 32.1. The van der Waals surface area contributed by atoms with E-state index in [9.17, 15) is 34.8 Å². The highest BCUT2D eigenvalue weighted by atomic mass is 16.5. The second-order valence-corrected chi connectivity index (χ2v) is 12.1. The number of Topliss-reactive ketones (excluding diaryl/α,β-unsaturated/α-hetero) is 2. The third-order valence-corrected chi connectivity index (χ3v) is 9.28. The van der Waals surface area contributed by atoms with Crippen molar-refractivity contribution in [2.45, 2.75) is 38.3 Å². The molecule has 0 unspecified atom stereocenters. The number of primary amides is 1. The van der Waals surface area contributed by atoms with E-state index in [1.165, 1.54) is 6.07 Å². The molecule has 4 atom stereocenters. The molecule has 5 rings (SSSR count). The monoisotopic (exact) mass is 605 g/mol. The lowest BCUT2D eigenvalue weighted by Crippen LogP contribution is -2.61. The first kappa shape index (κ1) is 31.2. The Bertz CT molecular complexity index is 1610. The van der Waals surface area contributed by atoms with Gasteiger partial charge in [0.2, 0.25) is 5.78 Å².